The van der Waals surface area contributed by atoms with Crippen LogP contribution in [0.2, 0.25) is 0 Å². The van der Waals surface area contributed by atoms with E-state index in [-0.39, 0.29) is 12.5 Å². The molecule has 1 amide bonds. The topological polar surface area (TPSA) is 167 Å². The number of hydrogen-bond acceptors (Lipinski definition) is 8. The van der Waals surface area contributed by atoms with Gasteiger partial charge in [-0.2, -0.15) is 43.2 Å². The number of benzene rings is 1. The molecule has 0 heterocycles. The van der Waals surface area contributed by atoms with Crippen molar-refractivity contribution >= 4 is 32.1 Å². The lowest BCUT2D eigenvalue weighted by Crippen LogP contribution is -2.61. The summed E-state index contributed by atoms with van der Waals surface area (Å²) >= 11 is 0. The molecule has 0 saturated carbocycles. The minimum atomic E-state index is -7.25. The summed E-state index contributed by atoms with van der Waals surface area (Å²) in [6.45, 7) is 4.46. The number of primary amides is 1. The zero-order chi connectivity index (χ0) is 27.1. The van der Waals surface area contributed by atoms with Crippen LogP contribution in [-0.2, 0) is 25.0 Å². The van der Waals surface area contributed by atoms with Gasteiger partial charge in [0.05, 0.1) is 5.56 Å². The fraction of sp³-hybridized carbons (Fsp3) is 0.500. The molecular formula is C16H17F6NO9S2. The van der Waals surface area contributed by atoms with Gasteiger partial charge in [0.15, 0.2) is 0 Å². The zero-order valence-corrected chi connectivity index (χ0v) is 18.9. The predicted octanol–water partition coefficient (Wildman–Crippen LogP) is 2.55. The summed E-state index contributed by atoms with van der Waals surface area (Å²) in [6.07, 6.45) is 0.245. The largest absolute Gasteiger partial charge is 0.456 e. The number of alkyl halides is 6. The standard InChI is InChI=1S/C16H17F6NO9S2/c1-4-13(2,3)31-12(25)9-5-8(11(23)24)6-10(7-9)32-34(29,30)16(21,22)14(17,18)15(19,20)33(26,27)28/h5-7H,4H2,1-3H3,(H2,23,24)(H,26,27,28). The number of amides is 1. The highest BCUT2D eigenvalue weighted by atomic mass is 32.2. The van der Waals surface area contributed by atoms with Crippen LogP contribution < -0.4 is 9.92 Å². The van der Waals surface area contributed by atoms with Crippen molar-refractivity contribution in [3.05, 3.63) is 29.3 Å². The molecule has 0 aliphatic carbocycles. The summed E-state index contributed by atoms with van der Waals surface area (Å²) in [5.41, 5.74) is 2.34. The van der Waals surface area contributed by atoms with Crippen LogP contribution in [0.3, 0.4) is 0 Å². The van der Waals surface area contributed by atoms with Gasteiger partial charge in [0.25, 0.3) is 0 Å². The molecule has 0 saturated heterocycles. The van der Waals surface area contributed by atoms with Crippen LogP contribution in [0, 0.1) is 0 Å². The molecule has 18 heteroatoms. The molecule has 3 N–H and O–H groups in total. The molecule has 0 spiro atoms. The smallest absolute Gasteiger partial charge is 0.450 e. The van der Waals surface area contributed by atoms with Crippen molar-refractivity contribution in [2.45, 2.75) is 49.2 Å². The summed E-state index contributed by atoms with van der Waals surface area (Å²) in [7, 11) is -14.4. The van der Waals surface area contributed by atoms with E-state index in [0.717, 1.165) is 0 Å². The molecule has 10 nitrogen and oxygen atoms in total. The Kier molecular flexibility index (Phi) is 7.69. The Labute approximate surface area is 188 Å². The van der Waals surface area contributed by atoms with E-state index in [0.29, 0.717) is 12.1 Å². The molecular weight excluding hydrogens is 528 g/mol. The average molecular weight is 545 g/mol. The lowest BCUT2D eigenvalue weighted by Gasteiger charge is -2.29. The van der Waals surface area contributed by atoms with E-state index in [9.17, 15) is 52.8 Å². The first-order chi connectivity index (χ1) is 14.9. The normalized spacial score (nSPS) is 13.9. The van der Waals surface area contributed by atoms with E-state index in [1.165, 1.54) is 13.8 Å². The third-order valence-corrected chi connectivity index (χ3v) is 6.42. The van der Waals surface area contributed by atoms with Gasteiger partial charge in [0, 0.05) is 5.56 Å². The summed E-state index contributed by atoms with van der Waals surface area (Å²) in [5, 5.41) is -13.9. The first-order valence-corrected chi connectivity index (χ1v) is 11.5. The van der Waals surface area contributed by atoms with Crippen molar-refractivity contribution in [1.29, 1.82) is 0 Å². The third kappa shape index (κ3) is 5.38. The molecule has 1 aromatic rings. The van der Waals surface area contributed by atoms with Gasteiger partial charge < -0.3 is 14.7 Å². The molecule has 194 valence electrons. The first kappa shape index (κ1) is 29.4. The van der Waals surface area contributed by atoms with Gasteiger partial charge in [-0.05, 0) is 38.5 Å². The second-order valence-electron chi connectivity index (χ2n) is 7.23. The third-order valence-electron chi connectivity index (χ3n) is 4.22. The van der Waals surface area contributed by atoms with Gasteiger partial charge in [0.1, 0.15) is 11.4 Å². The number of halogens is 6. The molecule has 0 unspecified atom stereocenters. The van der Waals surface area contributed by atoms with Crippen molar-refractivity contribution in [2.75, 3.05) is 0 Å². The monoisotopic (exact) mass is 545 g/mol. The Hall–Kier alpha value is -2.60. The number of hydrogen-bond donors (Lipinski definition) is 2. The minimum absolute atomic E-state index is 0.245. The Morgan fingerprint density at radius 2 is 1.41 bits per heavy atom. The number of nitrogens with two attached hydrogens (primary N) is 1. The number of carbonyl (C=O) groups is 2. The van der Waals surface area contributed by atoms with Crippen molar-refractivity contribution in [2.24, 2.45) is 5.73 Å². The number of ether oxygens (including phenoxy) is 1. The molecule has 0 atom stereocenters. The minimum Gasteiger partial charge on any atom is -0.456 e. The fourth-order valence-corrected chi connectivity index (χ4v) is 3.37. The maximum absolute atomic E-state index is 14.0. The van der Waals surface area contributed by atoms with E-state index in [2.05, 4.69) is 4.18 Å². The van der Waals surface area contributed by atoms with E-state index < -0.39 is 71.0 Å². The molecule has 34 heavy (non-hydrogen) atoms. The first-order valence-electron chi connectivity index (χ1n) is 8.66. The highest BCUT2D eigenvalue weighted by Crippen LogP contribution is 2.51. The molecule has 0 aliphatic rings. The molecule has 0 radical (unpaired) electrons. The van der Waals surface area contributed by atoms with Gasteiger partial charge in [0.2, 0.25) is 5.91 Å². The van der Waals surface area contributed by atoms with Gasteiger partial charge >= 0.3 is 42.6 Å². The molecule has 0 bridgehead atoms. The quantitative estimate of drug-likeness (QED) is 0.194. The van der Waals surface area contributed by atoms with E-state index >= 15 is 0 Å². The average Bonchev–Trinajstić information content (AvgIpc) is 2.65. The molecule has 0 aromatic heterocycles. The van der Waals surface area contributed by atoms with Crippen LogP contribution in [-0.4, -0.2) is 55.3 Å². The van der Waals surface area contributed by atoms with Gasteiger partial charge in [-0.25, -0.2) is 4.79 Å². The molecule has 0 fully saturated rings. The fourth-order valence-electron chi connectivity index (χ4n) is 1.96. The SMILES string of the molecule is CCC(C)(C)OC(=O)c1cc(OS(=O)(=O)C(F)(F)C(F)(F)C(F)(F)S(=O)(=O)O)cc(C(N)=O)c1. The highest BCUT2D eigenvalue weighted by molar-refractivity contribution is 7.88. The Bertz CT molecular complexity index is 1200. The molecule has 1 aromatic carbocycles. The van der Waals surface area contributed by atoms with Crippen LogP contribution in [0.25, 0.3) is 0 Å². The van der Waals surface area contributed by atoms with Crippen molar-refractivity contribution < 1.29 is 66.2 Å². The zero-order valence-electron chi connectivity index (χ0n) is 17.3. The van der Waals surface area contributed by atoms with Gasteiger partial charge in [-0.1, -0.05) is 6.92 Å². The molecule has 0 aliphatic heterocycles. The van der Waals surface area contributed by atoms with Crippen molar-refractivity contribution in [3.63, 3.8) is 0 Å². The van der Waals surface area contributed by atoms with Gasteiger partial charge in [-0.3, -0.25) is 9.35 Å². The second kappa shape index (κ2) is 8.88. The van der Waals surface area contributed by atoms with Gasteiger partial charge in [-0.15, -0.1) is 0 Å². The predicted molar refractivity (Wildman–Crippen MR) is 101 cm³/mol. The lowest BCUT2D eigenvalue weighted by atomic mass is 10.1. The number of rotatable bonds is 10. The van der Waals surface area contributed by atoms with Crippen LogP contribution >= 0.6 is 0 Å². The second-order valence-corrected chi connectivity index (χ2v) is 10.3. The maximum atomic E-state index is 14.0. The van der Waals surface area contributed by atoms with E-state index in [4.69, 9.17) is 15.0 Å². The summed E-state index contributed by atoms with van der Waals surface area (Å²) < 4.78 is 143. The van der Waals surface area contributed by atoms with Crippen LogP contribution in [0.5, 0.6) is 5.75 Å². The van der Waals surface area contributed by atoms with Crippen molar-refractivity contribution in [1.82, 2.24) is 0 Å². The summed E-state index contributed by atoms with van der Waals surface area (Å²) in [5.74, 6) is -11.3. The van der Waals surface area contributed by atoms with E-state index in [1.54, 1.807) is 6.92 Å². The van der Waals surface area contributed by atoms with Crippen LogP contribution in [0.15, 0.2) is 18.2 Å². The van der Waals surface area contributed by atoms with Crippen molar-refractivity contribution in [3.8, 4) is 5.75 Å². The van der Waals surface area contributed by atoms with Crippen LogP contribution in [0.1, 0.15) is 47.9 Å². The summed E-state index contributed by atoms with van der Waals surface area (Å²) in [6, 6.07) is 1.32. The maximum Gasteiger partial charge on any atom is 0.450 e. The highest BCUT2D eigenvalue weighted by Gasteiger charge is 2.83. The Balaban J connectivity index is 3.58. The number of esters is 1. The Morgan fingerprint density at radius 3 is 1.82 bits per heavy atom. The lowest BCUT2D eigenvalue weighted by molar-refractivity contribution is -0.247. The van der Waals surface area contributed by atoms with Crippen LogP contribution in [0.4, 0.5) is 26.3 Å². The Morgan fingerprint density at radius 1 is 0.941 bits per heavy atom. The number of carbonyl (C=O) groups excluding carboxylic acids is 2. The van der Waals surface area contributed by atoms with E-state index in [1.807, 2.05) is 0 Å². The summed E-state index contributed by atoms with van der Waals surface area (Å²) in [4.78, 5) is 23.7. The molecule has 1 rings (SSSR count).